The molecule has 0 saturated heterocycles. The molecule has 0 aliphatic rings. The van der Waals surface area contributed by atoms with Gasteiger partial charge in [0.1, 0.15) is 0 Å². The van der Waals surface area contributed by atoms with Crippen molar-refractivity contribution in [1.82, 2.24) is 9.62 Å². The number of amidine groups is 1. The second-order valence-electron chi connectivity index (χ2n) is 4.34. The maximum Gasteiger partial charge on any atom is 0.256 e. The highest BCUT2D eigenvalue weighted by Gasteiger charge is 2.29. The van der Waals surface area contributed by atoms with Crippen molar-refractivity contribution in [1.29, 1.82) is 0 Å². The highest BCUT2D eigenvalue weighted by molar-refractivity contribution is 7.89. The maximum absolute atomic E-state index is 12.0. The number of rotatable bonds is 3. The van der Waals surface area contributed by atoms with E-state index in [1.54, 1.807) is 0 Å². The average molecular weight is 387 g/mol. The van der Waals surface area contributed by atoms with Gasteiger partial charge in [-0.15, -0.1) is 0 Å². The molecule has 0 aliphatic heterocycles. The standard InChI is InChI=1S/C12H14Cl3N3O3S/c1-16-11(12(13,14)15)17-10(19)8-4-6-9(7-5-8)22(20,21)18(2)3/h4-7H,1-3H3,(H,16,17,19). The summed E-state index contributed by atoms with van der Waals surface area (Å²) in [4.78, 5) is 15.8. The third-order valence-electron chi connectivity index (χ3n) is 2.62. The van der Waals surface area contributed by atoms with Gasteiger partial charge in [-0.25, -0.2) is 12.7 Å². The van der Waals surface area contributed by atoms with Gasteiger partial charge in [-0.05, 0) is 24.3 Å². The largest absolute Gasteiger partial charge is 0.307 e. The Morgan fingerprint density at radius 3 is 2.05 bits per heavy atom. The molecule has 22 heavy (non-hydrogen) atoms. The number of carbonyl (C=O) groups excluding carboxylic acids is 1. The SMILES string of the molecule is CN=C(NC(=O)c1ccc(S(=O)(=O)N(C)C)cc1)C(Cl)(Cl)Cl. The van der Waals surface area contributed by atoms with Crippen LogP contribution in [0.25, 0.3) is 0 Å². The molecule has 0 atom stereocenters. The summed E-state index contributed by atoms with van der Waals surface area (Å²) in [5.41, 5.74) is 0.202. The zero-order chi connectivity index (χ0) is 17.1. The zero-order valence-electron chi connectivity index (χ0n) is 12.0. The fourth-order valence-corrected chi connectivity index (χ4v) is 2.72. The van der Waals surface area contributed by atoms with Gasteiger partial charge in [0.15, 0.2) is 5.84 Å². The van der Waals surface area contributed by atoms with Crippen LogP contribution in [0, 0.1) is 0 Å². The van der Waals surface area contributed by atoms with E-state index < -0.39 is 19.7 Å². The van der Waals surface area contributed by atoms with Crippen LogP contribution in [0.5, 0.6) is 0 Å². The number of halogens is 3. The van der Waals surface area contributed by atoms with Crippen molar-refractivity contribution in [2.24, 2.45) is 4.99 Å². The number of alkyl halides is 3. The Morgan fingerprint density at radius 1 is 1.18 bits per heavy atom. The van der Waals surface area contributed by atoms with E-state index >= 15 is 0 Å². The monoisotopic (exact) mass is 385 g/mol. The lowest BCUT2D eigenvalue weighted by Gasteiger charge is -2.15. The molecule has 0 aromatic heterocycles. The van der Waals surface area contributed by atoms with Crippen molar-refractivity contribution in [3.8, 4) is 0 Å². The summed E-state index contributed by atoms with van der Waals surface area (Å²) < 4.78 is 23.1. The molecule has 0 saturated carbocycles. The Morgan fingerprint density at radius 2 is 1.68 bits per heavy atom. The number of nitrogens with one attached hydrogen (secondary N) is 1. The zero-order valence-corrected chi connectivity index (χ0v) is 15.1. The molecule has 6 nitrogen and oxygen atoms in total. The highest BCUT2D eigenvalue weighted by atomic mass is 35.6. The van der Waals surface area contributed by atoms with Crippen molar-refractivity contribution in [2.45, 2.75) is 8.69 Å². The first kappa shape index (κ1) is 19.2. The number of nitrogens with zero attached hydrogens (tertiary/aromatic N) is 2. The summed E-state index contributed by atoms with van der Waals surface area (Å²) in [7, 11) is 0.645. The smallest absolute Gasteiger partial charge is 0.256 e. The Balaban J connectivity index is 2.99. The summed E-state index contributed by atoms with van der Waals surface area (Å²) in [6, 6.07) is 5.36. The first-order chi connectivity index (χ1) is 10.00. The topological polar surface area (TPSA) is 78.8 Å². The number of carbonyl (C=O) groups is 1. The van der Waals surface area contributed by atoms with Crippen molar-refractivity contribution in [2.75, 3.05) is 21.1 Å². The number of hydrogen-bond donors (Lipinski definition) is 1. The second kappa shape index (κ2) is 7.14. The van der Waals surface area contributed by atoms with Gasteiger partial charge in [-0.3, -0.25) is 9.79 Å². The van der Waals surface area contributed by atoms with Gasteiger partial charge in [0.25, 0.3) is 5.91 Å². The van der Waals surface area contributed by atoms with Crippen LogP contribution in [0.1, 0.15) is 10.4 Å². The summed E-state index contributed by atoms with van der Waals surface area (Å²) in [5.74, 6) is -0.701. The molecule has 0 aliphatic carbocycles. The molecule has 0 spiro atoms. The lowest BCUT2D eigenvalue weighted by atomic mass is 10.2. The second-order valence-corrected chi connectivity index (χ2v) is 8.77. The van der Waals surface area contributed by atoms with E-state index in [0.29, 0.717) is 0 Å². The van der Waals surface area contributed by atoms with Gasteiger partial charge < -0.3 is 5.32 Å². The average Bonchev–Trinajstić information content (AvgIpc) is 2.43. The summed E-state index contributed by atoms with van der Waals surface area (Å²) in [6.07, 6.45) is 0. The van der Waals surface area contributed by atoms with E-state index in [-0.39, 0.29) is 16.3 Å². The number of benzene rings is 1. The Bertz CT molecular complexity index is 680. The summed E-state index contributed by atoms with van der Waals surface area (Å²) in [5, 5.41) is 2.36. The molecule has 0 bridgehead atoms. The third kappa shape index (κ3) is 4.57. The van der Waals surface area contributed by atoms with Gasteiger partial charge in [0.05, 0.1) is 4.90 Å². The quantitative estimate of drug-likeness (QED) is 0.490. The number of aliphatic imine (C=N–C) groups is 1. The maximum atomic E-state index is 12.0. The molecular formula is C12H14Cl3N3O3S. The molecule has 1 aromatic carbocycles. The minimum absolute atomic E-state index is 0.0693. The molecule has 0 radical (unpaired) electrons. The number of hydrogen-bond acceptors (Lipinski definition) is 4. The predicted octanol–water partition coefficient (Wildman–Crippen LogP) is 2.07. The van der Waals surface area contributed by atoms with Crippen molar-refractivity contribution in [3.63, 3.8) is 0 Å². The molecule has 1 aromatic rings. The summed E-state index contributed by atoms with van der Waals surface area (Å²) in [6.45, 7) is 0. The first-order valence-corrected chi connectivity index (χ1v) is 8.45. The van der Waals surface area contributed by atoms with Crippen LogP contribution in [-0.2, 0) is 10.0 Å². The molecule has 0 unspecified atom stereocenters. The van der Waals surface area contributed by atoms with Gasteiger partial charge in [0, 0.05) is 26.7 Å². The van der Waals surface area contributed by atoms with Gasteiger partial charge >= 0.3 is 0 Å². The molecule has 1 rings (SSSR count). The Hall–Kier alpha value is -0.860. The van der Waals surface area contributed by atoms with E-state index in [2.05, 4.69) is 10.3 Å². The molecule has 10 heteroatoms. The van der Waals surface area contributed by atoms with Crippen molar-refractivity contribution in [3.05, 3.63) is 29.8 Å². The molecule has 1 N–H and O–H groups in total. The lowest BCUT2D eigenvalue weighted by molar-refractivity contribution is 0.0976. The fraction of sp³-hybridized carbons (Fsp3) is 0.333. The van der Waals surface area contributed by atoms with Crippen LogP contribution in [0.15, 0.2) is 34.2 Å². The lowest BCUT2D eigenvalue weighted by Crippen LogP contribution is -2.39. The van der Waals surface area contributed by atoms with Crippen LogP contribution in [0.3, 0.4) is 0 Å². The van der Waals surface area contributed by atoms with Gasteiger partial charge in [0.2, 0.25) is 13.8 Å². The molecule has 122 valence electrons. The first-order valence-electron chi connectivity index (χ1n) is 5.88. The third-order valence-corrected chi connectivity index (χ3v) is 4.99. The van der Waals surface area contributed by atoms with Crippen LogP contribution in [0.2, 0.25) is 0 Å². The highest BCUT2D eigenvalue weighted by Crippen LogP contribution is 2.27. The van der Waals surface area contributed by atoms with Gasteiger partial charge in [-0.2, -0.15) is 0 Å². The predicted molar refractivity (Wildman–Crippen MR) is 88.4 cm³/mol. The van der Waals surface area contributed by atoms with E-state index in [4.69, 9.17) is 34.8 Å². The van der Waals surface area contributed by atoms with Crippen LogP contribution < -0.4 is 5.32 Å². The molecule has 0 heterocycles. The minimum atomic E-state index is -3.56. The van der Waals surface area contributed by atoms with Crippen LogP contribution in [0.4, 0.5) is 0 Å². The fourth-order valence-electron chi connectivity index (χ4n) is 1.42. The van der Waals surface area contributed by atoms with Crippen molar-refractivity contribution < 1.29 is 13.2 Å². The Labute approximate surface area is 144 Å². The summed E-state index contributed by atoms with van der Waals surface area (Å²) >= 11 is 17.0. The molecular weight excluding hydrogens is 373 g/mol. The number of sulfonamides is 1. The van der Waals surface area contributed by atoms with E-state index in [0.717, 1.165) is 4.31 Å². The van der Waals surface area contributed by atoms with Crippen LogP contribution in [-0.4, -0.2) is 49.4 Å². The van der Waals surface area contributed by atoms with Gasteiger partial charge in [-0.1, -0.05) is 34.8 Å². The van der Waals surface area contributed by atoms with Crippen LogP contribution >= 0.6 is 34.8 Å². The van der Waals surface area contributed by atoms with E-state index in [9.17, 15) is 13.2 Å². The normalized spacial score (nSPS) is 13.3. The minimum Gasteiger partial charge on any atom is -0.307 e. The Kier molecular flexibility index (Phi) is 6.23. The number of amides is 1. The van der Waals surface area contributed by atoms with Crippen molar-refractivity contribution >= 4 is 56.6 Å². The van der Waals surface area contributed by atoms with E-state index in [1.165, 1.54) is 45.4 Å². The van der Waals surface area contributed by atoms with E-state index in [1.807, 2.05) is 0 Å². The molecule has 1 amide bonds. The molecule has 0 fully saturated rings.